The third kappa shape index (κ3) is 7.15. The van der Waals surface area contributed by atoms with E-state index in [1.54, 1.807) is 30.3 Å². The molecule has 0 saturated carbocycles. The Morgan fingerprint density at radius 1 is 1.27 bits per heavy atom. The molecule has 1 aromatic heterocycles. The van der Waals surface area contributed by atoms with E-state index in [9.17, 15) is 13.2 Å². The highest BCUT2D eigenvalue weighted by Crippen LogP contribution is 2.18. The summed E-state index contributed by atoms with van der Waals surface area (Å²) < 4.78 is 30.3. The molecule has 0 aliphatic carbocycles. The van der Waals surface area contributed by atoms with Gasteiger partial charge in [-0.25, -0.2) is 8.42 Å². The van der Waals surface area contributed by atoms with Crippen LogP contribution >= 0.6 is 11.6 Å². The van der Waals surface area contributed by atoms with Gasteiger partial charge in [0.05, 0.1) is 5.75 Å². The highest BCUT2D eigenvalue weighted by molar-refractivity contribution is 7.89. The molecule has 164 valence electrons. The minimum absolute atomic E-state index is 0.134. The maximum Gasteiger partial charge on any atom is 0.286 e. The first-order valence-electron chi connectivity index (χ1n) is 10.3. The van der Waals surface area contributed by atoms with Gasteiger partial charge in [0.2, 0.25) is 0 Å². The second kappa shape index (κ2) is 10.5. The maximum absolute atomic E-state index is 12.4. The molecule has 0 bridgehead atoms. The number of halogens is 1. The lowest BCUT2D eigenvalue weighted by atomic mass is 10.0. The Morgan fingerprint density at radius 3 is 2.87 bits per heavy atom. The Labute approximate surface area is 183 Å². The smallest absolute Gasteiger partial charge is 0.286 e. The summed E-state index contributed by atoms with van der Waals surface area (Å²) in [6, 6.07) is 9.82. The molecule has 2 heterocycles. The molecule has 0 spiro atoms. The van der Waals surface area contributed by atoms with Crippen molar-refractivity contribution in [1.82, 2.24) is 10.2 Å². The molecule has 1 saturated heterocycles. The zero-order valence-electron chi connectivity index (χ0n) is 17.3. The lowest BCUT2D eigenvalue weighted by molar-refractivity contribution is 0.0921. The minimum Gasteiger partial charge on any atom is -0.455 e. The van der Waals surface area contributed by atoms with Crippen molar-refractivity contribution in [2.24, 2.45) is 5.92 Å². The molecule has 0 radical (unpaired) electrons. The summed E-state index contributed by atoms with van der Waals surface area (Å²) in [6.45, 7) is 6.06. The molecule has 3 rings (SSSR count). The molecule has 6 nitrogen and oxygen atoms in total. The van der Waals surface area contributed by atoms with Crippen molar-refractivity contribution in [2.75, 3.05) is 26.2 Å². The van der Waals surface area contributed by atoms with E-state index in [1.165, 1.54) is 18.9 Å². The number of carbonyl (C=O) groups excluding carboxylic acids is 1. The van der Waals surface area contributed by atoms with E-state index in [4.69, 9.17) is 16.0 Å². The van der Waals surface area contributed by atoms with Gasteiger partial charge in [-0.3, -0.25) is 4.79 Å². The summed E-state index contributed by atoms with van der Waals surface area (Å²) in [5.74, 6) is 0.412. The highest BCUT2D eigenvalue weighted by Gasteiger charge is 2.19. The topological polar surface area (TPSA) is 79.6 Å². The molecular formula is C22H29ClN2O4S. The Bertz CT molecular complexity index is 958. The van der Waals surface area contributed by atoms with E-state index < -0.39 is 9.84 Å². The van der Waals surface area contributed by atoms with Crippen LogP contribution in [-0.2, 0) is 21.3 Å². The first-order chi connectivity index (χ1) is 14.3. The van der Waals surface area contributed by atoms with Crippen LogP contribution in [0.1, 0.15) is 48.1 Å². The van der Waals surface area contributed by atoms with E-state index in [-0.39, 0.29) is 28.9 Å². The van der Waals surface area contributed by atoms with Gasteiger partial charge >= 0.3 is 0 Å². The summed E-state index contributed by atoms with van der Waals surface area (Å²) in [7, 11) is -3.44. The van der Waals surface area contributed by atoms with Crippen molar-refractivity contribution in [1.29, 1.82) is 0 Å². The minimum atomic E-state index is -3.44. The zero-order valence-corrected chi connectivity index (χ0v) is 18.8. The average molecular weight is 453 g/mol. The standard InChI is InChI=1S/C22H29ClN2O4S/c1-17-5-3-11-25(14-17)12-4-10-24-22(26)21-9-8-20(29-21)16-30(27,28)15-18-6-2-7-19(23)13-18/h2,6-9,13,17H,3-5,10-12,14-16H2,1H3,(H,24,26)/t17-/m0/s1. The van der Waals surface area contributed by atoms with Crippen LogP contribution in [0.15, 0.2) is 40.8 Å². The Hall–Kier alpha value is -1.83. The van der Waals surface area contributed by atoms with E-state index >= 15 is 0 Å². The molecule has 0 unspecified atom stereocenters. The summed E-state index contributed by atoms with van der Waals surface area (Å²) in [5, 5.41) is 3.34. The predicted molar refractivity (Wildman–Crippen MR) is 118 cm³/mol. The molecule has 8 heteroatoms. The van der Waals surface area contributed by atoms with E-state index in [0.29, 0.717) is 17.1 Å². The van der Waals surface area contributed by atoms with Gasteiger partial charge in [-0.05, 0) is 68.1 Å². The first-order valence-corrected chi connectivity index (χ1v) is 12.5. The van der Waals surface area contributed by atoms with Gasteiger partial charge < -0.3 is 14.6 Å². The monoisotopic (exact) mass is 452 g/mol. The van der Waals surface area contributed by atoms with Crippen LogP contribution in [0.25, 0.3) is 0 Å². The number of sulfone groups is 1. The number of likely N-dealkylation sites (tertiary alicyclic amines) is 1. The second-order valence-corrected chi connectivity index (χ2v) is 10.6. The lowest BCUT2D eigenvalue weighted by Crippen LogP contribution is -2.36. The number of rotatable bonds is 9. The second-order valence-electron chi connectivity index (χ2n) is 8.09. The Morgan fingerprint density at radius 2 is 2.10 bits per heavy atom. The molecule has 1 N–H and O–H groups in total. The van der Waals surface area contributed by atoms with Crippen LogP contribution in [-0.4, -0.2) is 45.4 Å². The van der Waals surface area contributed by atoms with Crippen LogP contribution < -0.4 is 5.32 Å². The van der Waals surface area contributed by atoms with E-state index in [0.717, 1.165) is 32.0 Å². The predicted octanol–water partition coefficient (Wildman–Crippen LogP) is 3.90. The molecule has 2 aromatic rings. The normalized spacial score (nSPS) is 17.7. The average Bonchev–Trinajstić information content (AvgIpc) is 3.12. The summed E-state index contributed by atoms with van der Waals surface area (Å²) >= 11 is 5.91. The molecule has 1 fully saturated rings. The number of carbonyl (C=O) groups is 1. The number of nitrogens with zero attached hydrogens (tertiary/aromatic N) is 1. The third-order valence-electron chi connectivity index (χ3n) is 5.20. The highest BCUT2D eigenvalue weighted by atomic mass is 35.5. The number of amides is 1. The van der Waals surface area contributed by atoms with Gasteiger partial charge in [0.25, 0.3) is 5.91 Å². The number of piperidine rings is 1. The van der Waals surface area contributed by atoms with Gasteiger partial charge in [0, 0.05) is 18.1 Å². The molecule has 1 aliphatic rings. The van der Waals surface area contributed by atoms with Gasteiger partial charge in [0.15, 0.2) is 15.6 Å². The van der Waals surface area contributed by atoms with Gasteiger partial charge in [-0.1, -0.05) is 30.7 Å². The van der Waals surface area contributed by atoms with Crippen LogP contribution in [0, 0.1) is 5.92 Å². The first kappa shape index (κ1) is 22.8. The fourth-order valence-electron chi connectivity index (χ4n) is 3.81. The van der Waals surface area contributed by atoms with Gasteiger partial charge in [-0.15, -0.1) is 0 Å². The quantitative estimate of drug-likeness (QED) is 0.583. The molecule has 30 heavy (non-hydrogen) atoms. The number of nitrogens with one attached hydrogen (secondary N) is 1. The van der Waals surface area contributed by atoms with Crippen molar-refractivity contribution in [3.63, 3.8) is 0 Å². The van der Waals surface area contributed by atoms with Gasteiger partial charge in [-0.2, -0.15) is 0 Å². The molecule has 1 amide bonds. The number of benzene rings is 1. The molecular weight excluding hydrogens is 424 g/mol. The van der Waals surface area contributed by atoms with Crippen LogP contribution in [0.2, 0.25) is 5.02 Å². The number of hydrogen-bond donors (Lipinski definition) is 1. The third-order valence-corrected chi connectivity index (χ3v) is 6.93. The van der Waals surface area contributed by atoms with Crippen molar-refractivity contribution in [3.8, 4) is 0 Å². The lowest BCUT2D eigenvalue weighted by Gasteiger charge is -2.30. The molecule has 1 aliphatic heterocycles. The van der Waals surface area contributed by atoms with Crippen LogP contribution in [0.5, 0.6) is 0 Å². The van der Waals surface area contributed by atoms with Crippen LogP contribution in [0.3, 0.4) is 0 Å². The van der Waals surface area contributed by atoms with Crippen molar-refractivity contribution < 1.29 is 17.6 Å². The van der Waals surface area contributed by atoms with Crippen LogP contribution in [0.4, 0.5) is 0 Å². The zero-order chi connectivity index (χ0) is 21.6. The summed E-state index contributed by atoms with van der Waals surface area (Å²) in [5.41, 5.74) is 0.620. The van der Waals surface area contributed by atoms with E-state index in [2.05, 4.69) is 17.1 Å². The van der Waals surface area contributed by atoms with Gasteiger partial charge in [0.1, 0.15) is 11.5 Å². The summed E-state index contributed by atoms with van der Waals surface area (Å²) in [6.07, 6.45) is 3.41. The van der Waals surface area contributed by atoms with Crippen molar-refractivity contribution in [2.45, 2.75) is 37.7 Å². The largest absolute Gasteiger partial charge is 0.455 e. The molecule has 1 aromatic carbocycles. The number of furan rings is 1. The fourth-order valence-corrected chi connectivity index (χ4v) is 5.40. The maximum atomic E-state index is 12.4. The summed E-state index contributed by atoms with van der Waals surface area (Å²) in [4.78, 5) is 14.7. The number of hydrogen-bond acceptors (Lipinski definition) is 5. The van der Waals surface area contributed by atoms with E-state index in [1.807, 2.05) is 0 Å². The Kier molecular flexibility index (Phi) is 7.97. The van der Waals surface area contributed by atoms with Crippen molar-refractivity contribution >= 4 is 27.3 Å². The van der Waals surface area contributed by atoms with Crippen molar-refractivity contribution in [3.05, 3.63) is 58.5 Å². The SMILES string of the molecule is C[C@H]1CCCN(CCCNC(=O)c2ccc(CS(=O)(=O)Cc3cccc(Cl)c3)o2)C1. The molecule has 1 atom stereocenters. The fraction of sp³-hybridized carbons (Fsp3) is 0.500. The Balaban J connectivity index is 1.45.